The zero-order valence-corrected chi connectivity index (χ0v) is 5.96. The Hall–Kier alpha value is -1.23. The van der Waals surface area contributed by atoms with Crippen molar-refractivity contribution in [1.82, 2.24) is 0 Å². The second kappa shape index (κ2) is 3.07. The molecule has 48 valence electrons. The molecular weight excluding hydrogens is 121 g/mol. The van der Waals surface area contributed by atoms with Crippen LogP contribution in [-0.2, 0) is 6.32 Å². The Balaban J connectivity index is 3.12. The predicted molar refractivity (Wildman–Crippen MR) is 43.4 cm³/mol. The number of nitrogens with zero attached hydrogens (tertiary/aromatic N) is 1. The van der Waals surface area contributed by atoms with E-state index in [1.54, 1.807) is 0 Å². The van der Waals surface area contributed by atoms with Gasteiger partial charge in [0.1, 0.15) is 7.85 Å². The molecule has 0 unspecified atom stereocenters. The maximum Gasteiger partial charge on any atom is 0.107 e. The molecule has 0 aliphatic rings. The number of hydrogen-bond acceptors (Lipinski definition) is 1. The van der Waals surface area contributed by atoms with Gasteiger partial charge in [-0.2, -0.15) is 5.26 Å². The van der Waals surface area contributed by atoms with E-state index in [0.717, 1.165) is 17.4 Å². The van der Waals surface area contributed by atoms with Gasteiger partial charge < -0.3 is 0 Å². The summed E-state index contributed by atoms with van der Waals surface area (Å²) in [7, 11) is 2.05. The summed E-state index contributed by atoms with van der Waals surface area (Å²) in [5, 5.41) is 8.60. The Labute approximate surface area is 61.7 Å². The molecule has 0 amide bonds. The van der Waals surface area contributed by atoms with E-state index in [1.807, 2.05) is 24.3 Å². The normalized spacial score (nSPS) is 8.70. The van der Waals surface area contributed by atoms with Crippen LogP contribution in [0, 0.1) is 11.3 Å². The largest absolute Gasteiger partial charge is 0.192 e. The summed E-state index contributed by atoms with van der Waals surface area (Å²) in [6.07, 6.45) is 0.934. The summed E-state index contributed by atoms with van der Waals surface area (Å²) in [5.74, 6) is 0. The number of rotatable bonds is 1. The summed E-state index contributed by atoms with van der Waals surface area (Å²) in [6.45, 7) is 0. The van der Waals surface area contributed by atoms with Crippen LogP contribution < -0.4 is 0 Å². The van der Waals surface area contributed by atoms with Crippen LogP contribution in [0.2, 0.25) is 0 Å². The lowest BCUT2D eigenvalue weighted by Gasteiger charge is -1.96. The lowest BCUT2D eigenvalue weighted by molar-refractivity contribution is 1.35. The van der Waals surface area contributed by atoms with E-state index in [0.29, 0.717) is 0 Å². The van der Waals surface area contributed by atoms with Crippen molar-refractivity contribution in [3.63, 3.8) is 0 Å². The lowest BCUT2D eigenvalue weighted by atomic mass is 9.94. The maximum absolute atomic E-state index is 8.60. The number of nitriles is 1. The van der Waals surface area contributed by atoms with Crippen LogP contribution in [0.1, 0.15) is 11.1 Å². The van der Waals surface area contributed by atoms with Gasteiger partial charge in [-0.15, -0.1) is 0 Å². The summed E-state index contributed by atoms with van der Waals surface area (Å²) in [6, 6.07) is 9.82. The summed E-state index contributed by atoms with van der Waals surface area (Å²) >= 11 is 0. The smallest absolute Gasteiger partial charge is 0.107 e. The van der Waals surface area contributed by atoms with Crippen LogP contribution in [-0.4, -0.2) is 7.85 Å². The molecule has 1 nitrogen and oxygen atoms in total. The fourth-order valence-corrected chi connectivity index (χ4v) is 0.938. The van der Waals surface area contributed by atoms with Crippen molar-refractivity contribution >= 4 is 7.85 Å². The number of benzene rings is 1. The molecule has 0 heterocycles. The summed E-state index contributed by atoms with van der Waals surface area (Å²) < 4.78 is 0. The molecule has 0 saturated carbocycles. The first-order chi connectivity index (χ1) is 4.88. The van der Waals surface area contributed by atoms with Crippen molar-refractivity contribution in [2.24, 2.45) is 0 Å². The van der Waals surface area contributed by atoms with Crippen molar-refractivity contribution in [2.45, 2.75) is 6.32 Å². The summed E-state index contributed by atoms with van der Waals surface area (Å²) in [4.78, 5) is 0. The van der Waals surface area contributed by atoms with Gasteiger partial charge in [0.2, 0.25) is 0 Å². The molecule has 2 heteroatoms. The molecular formula is C8H8BN. The highest BCUT2D eigenvalue weighted by atomic mass is 14.2. The first-order valence-electron chi connectivity index (χ1n) is 3.36. The van der Waals surface area contributed by atoms with Gasteiger partial charge in [-0.3, -0.25) is 0 Å². The third-order valence-corrected chi connectivity index (χ3v) is 1.52. The third-order valence-electron chi connectivity index (χ3n) is 1.52. The van der Waals surface area contributed by atoms with Gasteiger partial charge in [0.15, 0.2) is 0 Å². The van der Waals surface area contributed by atoms with Gasteiger partial charge in [-0.25, -0.2) is 0 Å². The van der Waals surface area contributed by atoms with Crippen molar-refractivity contribution < 1.29 is 0 Å². The third kappa shape index (κ3) is 1.19. The number of hydrogen-bond donors (Lipinski definition) is 0. The van der Waals surface area contributed by atoms with E-state index >= 15 is 0 Å². The van der Waals surface area contributed by atoms with Crippen molar-refractivity contribution in [3.05, 3.63) is 35.4 Å². The van der Waals surface area contributed by atoms with Crippen molar-refractivity contribution in [3.8, 4) is 6.07 Å². The lowest BCUT2D eigenvalue weighted by Crippen LogP contribution is -1.87. The quantitative estimate of drug-likeness (QED) is 0.511. The predicted octanol–water partition coefficient (Wildman–Crippen LogP) is 0.691. The molecule has 0 aliphatic carbocycles. The van der Waals surface area contributed by atoms with Crippen LogP contribution in [0.5, 0.6) is 0 Å². The standard InChI is InChI=1S/C8H8BN/c9-5-7-3-1-2-4-8(7)6-10/h1-4H,5,9H2. The molecule has 0 aliphatic heterocycles. The highest BCUT2D eigenvalue weighted by Gasteiger charge is 1.94. The Bertz CT molecular complexity index is 262. The maximum atomic E-state index is 8.60. The zero-order chi connectivity index (χ0) is 7.40. The first kappa shape index (κ1) is 6.89. The van der Waals surface area contributed by atoms with E-state index in [9.17, 15) is 0 Å². The zero-order valence-electron chi connectivity index (χ0n) is 5.96. The monoisotopic (exact) mass is 129 g/mol. The molecule has 0 saturated heterocycles. The fraction of sp³-hybridized carbons (Fsp3) is 0.125. The van der Waals surface area contributed by atoms with Crippen LogP contribution >= 0.6 is 0 Å². The molecule has 0 radical (unpaired) electrons. The average Bonchev–Trinajstić information content (AvgIpc) is 2.04. The second-order valence-electron chi connectivity index (χ2n) is 2.12. The molecule has 0 spiro atoms. The highest BCUT2D eigenvalue weighted by molar-refractivity contribution is 6.08. The van der Waals surface area contributed by atoms with Crippen LogP contribution in [0.4, 0.5) is 0 Å². The fourth-order valence-electron chi connectivity index (χ4n) is 0.938. The Kier molecular flexibility index (Phi) is 2.12. The molecule has 0 bridgehead atoms. The van der Waals surface area contributed by atoms with Gasteiger partial charge in [-0.05, 0) is 11.6 Å². The van der Waals surface area contributed by atoms with Gasteiger partial charge >= 0.3 is 0 Å². The second-order valence-corrected chi connectivity index (χ2v) is 2.12. The van der Waals surface area contributed by atoms with Gasteiger partial charge in [0.25, 0.3) is 0 Å². The molecule has 0 aromatic heterocycles. The minimum absolute atomic E-state index is 0.796. The molecule has 0 N–H and O–H groups in total. The minimum atomic E-state index is 0.796. The molecule has 10 heavy (non-hydrogen) atoms. The molecule has 0 atom stereocenters. The van der Waals surface area contributed by atoms with Crippen LogP contribution in [0.25, 0.3) is 0 Å². The Morgan fingerprint density at radius 2 is 2.10 bits per heavy atom. The van der Waals surface area contributed by atoms with Crippen molar-refractivity contribution in [1.29, 1.82) is 5.26 Å². The first-order valence-corrected chi connectivity index (χ1v) is 3.36. The SMILES string of the molecule is BCc1ccccc1C#N. The molecule has 1 aromatic carbocycles. The van der Waals surface area contributed by atoms with Gasteiger partial charge in [0.05, 0.1) is 11.6 Å². The van der Waals surface area contributed by atoms with E-state index in [2.05, 4.69) is 13.9 Å². The van der Waals surface area contributed by atoms with Gasteiger partial charge in [0, 0.05) is 0 Å². The van der Waals surface area contributed by atoms with E-state index in [4.69, 9.17) is 5.26 Å². The Morgan fingerprint density at radius 3 is 2.60 bits per heavy atom. The molecule has 1 aromatic rings. The topological polar surface area (TPSA) is 23.8 Å². The molecule has 1 rings (SSSR count). The van der Waals surface area contributed by atoms with E-state index in [-0.39, 0.29) is 0 Å². The van der Waals surface area contributed by atoms with Gasteiger partial charge in [-0.1, -0.05) is 24.5 Å². The van der Waals surface area contributed by atoms with E-state index in [1.165, 1.54) is 0 Å². The highest BCUT2D eigenvalue weighted by Crippen LogP contribution is 2.05. The molecule has 0 fully saturated rings. The van der Waals surface area contributed by atoms with Crippen molar-refractivity contribution in [2.75, 3.05) is 0 Å². The Morgan fingerprint density at radius 1 is 1.40 bits per heavy atom. The summed E-state index contributed by atoms with van der Waals surface area (Å²) in [5.41, 5.74) is 1.93. The van der Waals surface area contributed by atoms with Crippen LogP contribution in [0.15, 0.2) is 24.3 Å². The van der Waals surface area contributed by atoms with E-state index < -0.39 is 0 Å². The minimum Gasteiger partial charge on any atom is -0.192 e. The van der Waals surface area contributed by atoms with Crippen LogP contribution in [0.3, 0.4) is 0 Å². The average molecular weight is 129 g/mol.